The number of unbranched alkanes of at least 4 members (excludes halogenated alkanes) is 3. The van der Waals surface area contributed by atoms with Crippen molar-refractivity contribution in [3.05, 3.63) is 0 Å². The number of hydrogen-bond acceptors (Lipinski definition) is 3. The molecule has 0 heterocycles. The van der Waals surface area contributed by atoms with Crippen molar-refractivity contribution in [3.8, 4) is 0 Å². The molecule has 0 bridgehead atoms. The van der Waals surface area contributed by atoms with Gasteiger partial charge in [-0.3, -0.25) is 0 Å². The van der Waals surface area contributed by atoms with Crippen LogP contribution in [0.25, 0.3) is 0 Å². The lowest BCUT2D eigenvalue weighted by atomic mass is 10.2. The number of rotatable bonds is 8. The highest BCUT2D eigenvalue weighted by Crippen LogP contribution is 2.00. The first-order valence-corrected chi connectivity index (χ1v) is 4.64. The Bertz CT molecular complexity index is 85.8. The maximum atomic E-state index is 8.62. The number of ether oxygens (including phenoxy) is 1. The van der Waals surface area contributed by atoms with Crippen LogP contribution >= 0.6 is 0 Å². The molecule has 0 fully saturated rings. The molecule has 0 aromatic heterocycles. The Labute approximate surface area is 74.4 Å². The van der Waals surface area contributed by atoms with Crippen LogP contribution in [0.3, 0.4) is 0 Å². The van der Waals surface area contributed by atoms with Gasteiger partial charge in [-0.05, 0) is 19.8 Å². The predicted octanol–water partition coefficient (Wildman–Crippen LogP) is 0.936. The summed E-state index contributed by atoms with van der Waals surface area (Å²) >= 11 is 0. The van der Waals surface area contributed by atoms with Crippen molar-refractivity contribution >= 4 is 0 Å². The van der Waals surface area contributed by atoms with Crippen LogP contribution in [-0.2, 0) is 4.74 Å². The van der Waals surface area contributed by atoms with Gasteiger partial charge in [0.1, 0.15) is 0 Å². The highest BCUT2D eigenvalue weighted by atomic mass is 16.5. The minimum Gasteiger partial charge on any atom is -0.396 e. The fraction of sp³-hybridized carbons (Fsp3) is 1.00. The molecule has 0 radical (unpaired) electrons. The van der Waals surface area contributed by atoms with Crippen LogP contribution in [0, 0.1) is 0 Å². The van der Waals surface area contributed by atoms with E-state index in [4.69, 9.17) is 14.9 Å². The predicted molar refractivity (Wildman–Crippen MR) is 48.1 cm³/mol. The van der Waals surface area contributed by atoms with Crippen molar-refractivity contribution in [2.45, 2.75) is 38.7 Å². The van der Waals surface area contributed by atoms with Crippen molar-refractivity contribution < 1.29 is 14.9 Å². The van der Waals surface area contributed by atoms with Crippen LogP contribution in [-0.4, -0.2) is 36.1 Å². The van der Waals surface area contributed by atoms with Crippen LogP contribution in [0.5, 0.6) is 0 Å². The first-order chi connectivity index (χ1) is 5.81. The molecule has 2 N–H and O–H groups in total. The van der Waals surface area contributed by atoms with Crippen LogP contribution in [0.1, 0.15) is 32.6 Å². The molecule has 0 aliphatic rings. The second-order valence-corrected chi connectivity index (χ2v) is 3.00. The van der Waals surface area contributed by atoms with E-state index in [0.29, 0.717) is 6.61 Å². The van der Waals surface area contributed by atoms with E-state index in [1.807, 2.05) is 6.92 Å². The summed E-state index contributed by atoms with van der Waals surface area (Å²) in [5, 5.41) is 17.1. The normalized spacial score (nSPS) is 13.2. The van der Waals surface area contributed by atoms with Gasteiger partial charge in [0.25, 0.3) is 0 Å². The smallest absolute Gasteiger partial charge is 0.0777 e. The fourth-order valence-electron chi connectivity index (χ4n) is 0.905. The summed E-state index contributed by atoms with van der Waals surface area (Å²) in [6.07, 6.45) is 4.02. The molecule has 3 nitrogen and oxygen atoms in total. The Kier molecular flexibility index (Phi) is 8.88. The summed E-state index contributed by atoms with van der Waals surface area (Å²) in [5.41, 5.74) is 0. The molecular weight excluding hydrogens is 156 g/mol. The summed E-state index contributed by atoms with van der Waals surface area (Å²) < 4.78 is 5.26. The van der Waals surface area contributed by atoms with Gasteiger partial charge in [0.05, 0.1) is 12.7 Å². The third-order valence-electron chi connectivity index (χ3n) is 1.71. The molecule has 0 rings (SSSR count). The van der Waals surface area contributed by atoms with E-state index in [1.165, 1.54) is 0 Å². The molecule has 0 saturated carbocycles. The first kappa shape index (κ1) is 11.9. The Morgan fingerprint density at radius 2 is 1.75 bits per heavy atom. The summed E-state index contributed by atoms with van der Waals surface area (Å²) in [5.74, 6) is 0. The number of aliphatic hydroxyl groups excluding tert-OH is 2. The van der Waals surface area contributed by atoms with Gasteiger partial charge < -0.3 is 14.9 Å². The SMILES string of the molecule is CC(CO)OCCCCCCO. The van der Waals surface area contributed by atoms with Gasteiger partial charge in [0.15, 0.2) is 0 Å². The lowest BCUT2D eigenvalue weighted by Gasteiger charge is -2.08. The molecule has 3 heteroatoms. The highest BCUT2D eigenvalue weighted by molar-refractivity contribution is 4.46. The van der Waals surface area contributed by atoms with Crippen molar-refractivity contribution in [3.63, 3.8) is 0 Å². The maximum Gasteiger partial charge on any atom is 0.0777 e. The van der Waals surface area contributed by atoms with E-state index >= 15 is 0 Å². The molecule has 0 aromatic carbocycles. The second-order valence-electron chi connectivity index (χ2n) is 3.00. The average Bonchev–Trinajstić information content (AvgIpc) is 2.10. The van der Waals surface area contributed by atoms with E-state index < -0.39 is 0 Å². The zero-order valence-corrected chi connectivity index (χ0v) is 7.83. The fourth-order valence-corrected chi connectivity index (χ4v) is 0.905. The van der Waals surface area contributed by atoms with Gasteiger partial charge >= 0.3 is 0 Å². The van der Waals surface area contributed by atoms with E-state index in [2.05, 4.69) is 0 Å². The molecule has 74 valence electrons. The molecule has 0 aromatic rings. The largest absolute Gasteiger partial charge is 0.396 e. The quantitative estimate of drug-likeness (QED) is 0.541. The van der Waals surface area contributed by atoms with Crippen LogP contribution in [0.15, 0.2) is 0 Å². The standard InChI is InChI=1S/C9H20O3/c1-9(8-11)12-7-5-3-2-4-6-10/h9-11H,2-8H2,1H3. The lowest BCUT2D eigenvalue weighted by molar-refractivity contribution is 0.0230. The van der Waals surface area contributed by atoms with Crippen LogP contribution < -0.4 is 0 Å². The minimum atomic E-state index is -0.0390. The van der Waals surface area contributed by atoms with Crippen molar-refractivity contribution in [1.82, 2.24) is 0 Å². The molecule has 0 aliphatic carbocycles. The first-order valence-electron chi connectivity index (χ1n) is 4.64. The molecule has 1 unspecified atom stereocenters. The van der Waals surface area contributed by atoms with Gasteiger partial charge in [-0.2, -0.15) is 0 Å². The van der Waals surface area contributed by atoms with Gasteiger partial charge in [-0.25, -0.2) is 0 Å². The molecule has 0 spiro atoms. The average molecular weight is 176 g/mol. The van der Waals surface area contributed by atoms with E-state index in [0.717, 1.165) is 25.7 Å². The monoisotopic (exact) mass is 176 g/mol. The van der Waals surface area contributed by atoms with Crippen molar-refractivity contribution in [1.29, 1.82) is 0 Å². The Hall–Kier alpha value is -0.120. The number of aliphatic hydroxyl groups is 2. The van der Waals surface area contributed by atoms with Gasteiger partial charge in [-0.15, -0.1) is 0 Å². The van der Waals surface area contributed by atoms with Crippen molar-refractivity contribution in [2.24, 2.45) is 0 Å². The Morgan fingerprint density at radius 1 is 1.08 bits per heavy atom. The second kappa shape index (κ2) is 8.97. The maximum absolute atomic E-state index is 8.62. The zero-order valence-electron chi connectivity index (χ0n) is 7.83. The molecule has 0 aliphatic heterocycles. The Balaban J connectivity index is 2.90. The third-order valence-corrected chi connectivity index (χ3v) is 1.71. The molecule has 1 atom stereocenters. The van der Waals surface area contributed by atoms with Gasteiger partial charge in [0, 0.05) is 13.2 Å². The number of hydrogen-bond donors (Lipinski definition) is 2. The molecule has 12 heavy (non-hydrogen) atoms. The molecule has 0 saturated heterocycles. The topological polar surface area (TPSA) is 49.7 Å². The lowest BCUT2D eigenvalue weighted by Crippen LogP contribution is -2.13. The minimum absolute atomic E-state index is 0.0390. The van der Waals surface area contributed by atoms with Crippen LogP contribution in [0.4, 0.5) is 0 Å². The molecular formula is C9H20O3. The van der Waals surface area contributed by atoms with Gasteiger partial charge in [-0.1, -0.05) is 12.8 Å². The van der Waals surface area contributed by atoms with E-state index in [-0.39, 0.29) is 19.3 Å². The summed E-state index contributed by atoms with van der Waals surface area (Å²) in [4.78, 5) is 0. The highest BCUT2D eigenvalue weighted by Gasteiger charge is 1.97. The van der Waals surface area contributed by atoms with Gasteiger partial charge in [0.2, 0.25) is 0 Å². The summed E-state index contributed by atoms with van der Waals surface area (Å²) in [6.45, 7) is 2.95. The zero-order chi connectivity index (χ0) is 9.23. The molecule has 0 amide bonds. The van der Waals surface area contributed by atoms with Crippen LogP contribution in [0.2, 0.25) is 0 Å². The van der Waals surface area contributed by atoms with E-state index in [1.54, 1.807) is 0 Å². The summed E-state index contributed by atoms with van der Waals surface area (Å²) in [6, 6.07) is 0. The third kappa shape index (κ3) is 7.98. The Morgan fingerprint density at radius 3 is 2.33 bits per heavy atom. The summed E-state index contributed by atoms with van der Waals surface area (Å²) in [7, 11) is 0. The van der Waals surface area contributed by atoms with Crippen molar-refractivity contribution in [2.75, 3.05) is 19.8 Å². The van der Waals surface area contributed by atoms with E-state index in [9.17, 15) is 0 Å².